The minimum absolute atomic E-state index is 0. The minimum Gasteiger partial charge on any atom is -1.00 e. The van der Waals surface area contributed by atoms with Gasteiger partial charge in [0.2, 0.25) is 14.2 Å². The minimum atomic E-state index is -3.09. The Morgan fingerprint density at radius 2 is 0.554 bits per heavy atom. The lowest BCUT2D eigenvalue weighted by atomic mass is 10.2. The third-order valence-electron chi connectivity index (χ3n) is 18.9. The standard InChI is InChI=1S/C29H79N11O3P5Si.C17H51ClN10P5.C12H29NO3Si.C6H19N4P.2ClH/c1-29(2,3)49(21,22)43-28-27-42-26-25-41-24-23-30-48(39(12)13,40(14)15)34-47(31-44(16,17)18,32-45(19,35(4)5)36(6)7)33-46(20,37(8)9)38(10)11;1-23(2)30(16,24(3)4)20-33(19-29(13,14)15,21-31(17,25(5)6)26(7)8)22-32(18,27(9)10)28(11)12;1-12(2,3)17(4,5)16-11-10-15-9-8-14-7-6-13;1-8(2)11(7,9(3)4)10(5)6;;/h30H,23-28H2,1-22H3;1-17H3;6-11,13H2,1-5H3;7H,1-6H3;2*1H/q2*+1;;;;/p-2. The number of nitrogens with one attached hydrogen (secondary N) is 2. The highest BCUT2D eigenvalue weighted by molar-refractivity contribution is 7.95. The number of hydrogen-bond acceptors (Lipinski definition) is 16. The number of nitrogens with zero attached hydrogens (tertiary/aromatic N) is 23. The molecular weight excluding hydrogens is 1730 g/mol. The van der Waals surface area contributed by atoms with E-state index < -0.39 is 97.6 Å². The highest BCUT2D eigenvalue weighted by Crippen LogP contribution is 2.86. The van der Waals surface area contributed by atoms with E-state index in [1.54, 1.807) is 0 Å². The lowest BCUT2D eigenvalue weighted by Crippen LogP contribution is -3.00. The molecule has 0 fully saturated rings. The lowest BCUT2D eigenvalue weighted by molar-refractivity contribution is -0.001000. The molecule has 0 radical (unpaired) electrons. The van der Waals surface area contributed by atoms with Crippen LogP contribution in [0.25, 0.3) is 0 Å². The Kier molecular flexibility index (Phi) is 60.5. The summed E-state index contributed by atoms with van der Waals surface area (Å²) >= 11 is 7.32. The third-order valence-corrected chi connectivity index (χ3v) is 70.0. The molecule has 0 aliphatic rings. The van der Waals surface area contributed by atoms with Crippen molar-refractivity contribution < 1.29 is 52.6 Å². The normalized spacial score (nSPS) is 14.1. The van der Waals surface area contributed by atoms with Gasteiger partial charge in [-0.2, -0.15) is 0 Å². The van der Waals surface area contributed by atoms with Crippen molar-refractivity contribution >= 4 is 109 Å². The molecule has 0 saturated carbocycles. The number of hydrogen-bond donors (Lipinski definition) is 3. The summed E-state index contributed by atoms with van der Waals surface area (Å²) < 4.78 is 112. The van der Waals surface area contributed by atoms with E-state index in [2.05, 4.69) is 327 Å². The van der Waals surface area contributed by atoms with E-state index in [4.69, 9.17) is 86.1 Å². The summed E-state index contributed by atoms with van der Waals surface area (Å²) in [6.07, 6.45) is 0. The van der Waals surface area contributed by atoms with Crippen LogP contribution in [0.3, 0.4) is 0 Å². The molecule has 0 aromatic carbocycles. The molecule has 48 heteroatoms. The Bertz CT molecular complexity index is 2970. The number of rotatable bonds is 43. The van der Waals surface area contributed by atoms with Gasteiger partial charge >= 0.3 is 15.7 Å². The predicted molar refractivity (Wildman–Crippen MR) is 515 cm³/mol. The Morgan fingerprint density at radius 1 is 0.330 bits per heavy atom. The van der Waals surface area contributed by atoms with Gasteiger partial charge in [-0.15, -0.1) is 0 Å². The molecule has 0 aromatic rings. The van der Waals surface area contributed by atoms with Gasteiger partial charge in [-0.25, -0.2) is 18.7 Å². The van der Waals surface area contributed by atoms with Gasteiger partial charge in [0.15, 0.2) is 24.1 Å². The van der Waals surface area contributed by atoms with Crippen molar-refractivity contribution in [2.45, 2.75) is 77.8 Å². The first-order valence-corrected chi connectivity index (χ1v) is 66.7. The van der Waals surface area contributed by atoms with Gasteiger partial charge in [0.25, 0.3) is 0 Å². The summed E-state index contributed by atoms with van der Waals surface area (Å²) in [4.78, 5) is 0. The first kappa shape index (κ1) is 126. The molecule has 0 aromatic heterocycles. The molecule has 0 rings (SSSR count). The molecule has 0 unspecified atom stereocenters. The summed E-state index contributed by atoms with van der Waals surface area (Å²) in [5.74, 6) is 0. The van der Waals surface area contributed by atoms with E-state index in [1.807, 2.05) is 93.8 Å². The van der Waals surface area contributed by atoms with Gasteiger partial charge in [0, 0.05) is 53.9 Å². The molecule has 0 heterocycles. The fourth-order valence-electron chi connectivity index (χ4n) is 8.80. The van der Waals surface area contributed by atoms with Crippen LogP contribution < -0.4 is 35.6 Å². The van der Waals surface area contributed by atoms with Gasteiger partial charge in [-0.3, -0.25) is 61.6 Å². The maximum atomic E-state index is 8.17. The SMILES string of the molecule is CC(C)(C)[Si](C)(C)OCCOCCOCCN.CN(C)P(=N)(N(C)C)N(C)C.CN(C)P(C)(=N[P+](N=P(C)(C)C)(N=P(C)(N(C)C)N(C)C)N=P(Cl)(N(C)C)N(C)C)N(C)C.CN(C)P(C)(=N[P+](N=P(C)(C)C)(N=P(C)(N(C)C)N(C)C)N=P(NCCOCCOCCO[Si](C)(C)C(C)(C)C)(N(C)C)N(C)C)N(C)C.[Cl-].[Cl-]. The molecule has 0 atom stereocenters. The Hall–Kier alpha value is 3.31. The van der Waals surface area contributed by atoms with Gasteiger partial charge in [-0.05, 0) is 326 Å². The Labute approximate surface area is 713 Å². The molecular formula is C64H178Cl3N26O6P11Si2. The molecule has 0 aliphatic carbocycles. The highest BCUT2D eigenvalue weighted by Gasteiger charge is 2.53. The second-order valence-electron chi connectivity index (χ2n) is 34.8. The topological polar surface area (TPSA) is 265 Å². The summed E-state index contributed by atoms with van der Waals surface area (Å²) in [5, 5.41) is 12.5. The molecule has 32 nitrogen and oxygen atoms in total. The van der Waals surface area contributed by atoms with Crippen LogP contribution in [-0.4, -0.2) is 444 Å². The maximum Gasteiger partial charge on any atom is 0.496 e. The van der Waals surface area contributed by atoms with E-state index >= 15 is 0 Å². The molecule has 0 aliphatic heterocycles. The van der Waals surface area contributed by atoms with Gasteiger partial charge < -0.3 is 58.3 Å². The van der Waals surface area contributed by atoms with Crippen molar-refractivity contribution in [3.63, 3.8) is 0 Å². The Balaban J connectivity index is -0.000000380. The monoisotopic (exact) mass is 1910 g/mol. The van der Waals surface area contributed by atoms with Crippen LogP contribution in [0.5, 0.6) is 0 Å². The zero-order valence-corrected chi connectivity index (χ0v) is 95.0. The van der Waals surface area contributed by atoms with Crippen LogP contribution in [0.2, 0.25) is 36.3 Å². The molecule has 0 spiro atoms. The van der Waals surface area contributed by atoms with Gasteiger partial charge in [-0.1, -0.05) is 50.6 Å². The van der Waals surface area contributed by atoms with E-state index in [1.165, 1.54) is 0 Å². The van der Waals surface area contributed by atoms with Crippen LogP contribution in [-0.2, 0) is 27.8 Å². The first-order valence-electron chi connectivity index (χ1n) is 37.3. The molecule has 684 valence electrons. The van der Waals surface area contributed by atoms with Crippen LogP contribution in [0.1, 0.15) is 41.5 Å². The van der Waals surface area contributed by atoms with E-state index in [0.29, 0.717) is 79.2 Å². The van der Waals surface area contributed by atoms with E-state index in [0.717, 1.165) is 0 Å². The van der Waals surface area contributed by atoms with Gasteiger partial charge in [0.05, 0.1) is 66.1 Å². The molecule has 0 amide bonds. The van der Waals surface area contributed by atoms with Gasteiger partial charge in [0.1, 0.15) is 29.4 Å². The second kappa shape index (κ2) is 53.7. The van der Waals surface area contributed by atoms with Crippen LogP contribution >= 0.6 is 92.2 Å². The second-order valence-corrected chi connectivity index (χ2v) is 84.0. The first-order chi connectivity index (χ1) is 49.1. The number of halogens is 3. The summed E-state index contributed by atoms with van der Waals surface area (Å²) in [6, 6.07) is 0. The van der Waals surface area contributed by atoms with E-state index in [-0.39, 0.29) is 34.9 Å². The van der Waals surface area contributed by atoms with Crippen molar-refractivity contribution in [1.82, 2.24) is 75.1 Å². The zero-order chi connectivity index (χ0) is 88.3. The van der Waals surface area contributed by atoms with Crippen molar-refractivity contribution in [2.75, 3.05) is 357 Å². The fourth-order valence-corrected chi connectivity index (χ4v) is 48.2. The highest BCUT2D eigenvalue weighted by atomic mass is 35.7. The van der Waals surface area contributed by atoms with Crippen molar-refractivity contribution in [3.05, 3.63) is 0 Å². The Morgan fingerprint density at radius 3 is 0.741 bits per heavy atom. The lowest BCUT2D eigenvalue weighted by Gasteiger charge is -2.39. The van der Waals surface area contributed by atoms with Crippen LogP contribution in [0.15, 0.2) is 36.1 Å². The number of nitrogens with two attached hydrogens (primary N) is 1. The predicted octanol–water partition coefficient (Wildman–Crippen LogP) is 11.9. The largest absolute Gasteiger partial charge is 1.00 e. The van der Waals surface area contributed by atoms with Crippen molar-refractivity contribution in [1.29, 1.82) is 5.16 Å². The molecule has 112 heavy (non-hydrogen) atoms. The average Bonchev–Trinajstić information content (AvgIpc) is 0.753. The molecule has 0 saturated heterocycles. The summed E-state index contributed by atoms with van der Waals surface area (Å²) in [6.45, 7) is 49.1. The molecule has 0 bridgehead atoms. The fraction of sp³-hybridized carbons (Fsp3) is 1.00. The third kappa shape index (κ3) is 41.6. The summed E-state index contributed by atoms with van der Waals surface area (Å²) in [5.41, 5.74) is 5.30. The zero-order valence-electron chi connectivity index (χ0n) is 80.9. The van der Waals surface area contributed by atoms with Crippen LogP contribution in [0, 0.1) is 5.16 Å². The molecule has 4 N–H and O–H groups in total. The van der Waals surface area contributed by atoms with Crippen molar-refractivity contribution in [2.24, 2.45) is 41.9 Å². The maximum absolute atomic E-state index is 8.17. The quantitative estimate of drug-likeness (QED) is 0.0291. The van der Waals surface area contributed by atoms with Crippen molar-refractivity contribution in [3.8, 4) is 0 Å². The average molecular weight is 1910 g/mol. The summed E-state index contributed by atoms with van der Waals surface area (Å²) in [7, 11) is 35.2. The van der Waals surface area contributed by atoms with E-state index in [9.17, 15) is 0 Å². The number of ether oxygens (including phenoxy) is 4. The van der Waals surface area contributed by atoms with Crippen LogP contribution in [0.4, 0.5) is 0 Å². The smallest absolute Gasteiger partial charge is 0.496 e.